The molecule has 0 aliphatic carbocycles. The third-order valence-electron chi connectivity index (χ3n) is 3.32. The number of nitrogens with one attached hydrogen (secondary N) is 2. The summed E-state index contributed by atoms with van der Waals surface area (Å²) in [5.41, 5.74) is 2.95. The van der Waals surface area contributed by atoms with Crippen LogP contribution < -0.4 is 5.32 Å². The van der Waals surface area contributed by atoms with E-state index in [2.05, 4.69) is 22.1 Å². The Labute approximate surface area is 134 Å². The van der Waals surface area contributed by atoms with Crippen LogP contribution in [0.5, 0.6) is 0 Å². The molecule has 2 N–H and O–H groups in total. The molecule has 1 heterocycles. The summed E-state index contributed by atoms with van der Waals surface area (Å²) in [5, 5.41) is 3.73. The minimum absolute atomic E-state index is 0.249. The number of benzene rings is 2. The van der Waals surface area contributed by atoms with E-state index in [9.17, 15) is 4.79 Å². The van der Waals surface area contributed by atoms with E-state index in [0.29, 0.717) is 0 Å². The molecule has 0 spiro atoms. The van der Waals surface area contributed by atoms with Crippen LogP contribution in [0.15, 0.2) is 60.8 Å². The minimum Gasteiger partial charge on any atom is -0.445 e. The third kappa shape index (κ3) is 4.14. The Kier molecular flexibility index (Phi) is 4.61. The van der Waals surface area contributed by atoms with Gasteiger partial charge in [-0.15, -0.1) is 0 Å². The lowest BCUT2D eigenvalue weighted by atomic mass is 10.1. The van der Waals surface area contributed by atoms with E-state index in [0.717, 1.165) is 22.0 Å². The van der Waals surface area contributed by atoms with Crippen LogP contribution in [0.2, 0.25) is 0 Å². The number of carbonyl (C=O) groups is 1. The summed E-state index contributed by atoms with van der Waals surface area (Å²) in [6, 6.07) is 17.5. The van der Waals surface area contributed by atoms with E-state index in [4.69, 9.17) is 4.74 Å². The molecule has 0 aliphatic rings. The van der Waals surface area contributed by atoms with Crippen LogP contribution in [0, 0.1) is 11.8 Å². The van der Waals surface area contributed by atoms with Crippen LogP contribution in [0.1, 0.15) is 11.1 Å². The SMILES string of the molecule is O=C(NCC#Cc1ccc2[nH]ccc2c1)OCc1ccccc1. The number of rotatable bonds is 3. The number of ether oxygens (including phenoxy) is 1. The van der Waals surface area contributed by atoms with Crippen molar-refractivity contribution in [3.63, 3.8) is 0 Å². The number of H-pyrrole nitrogens is 1. The van der Waals surface area contributed by atoms with Crippen molar-refractivity contribution in [3.05, 3.63) is 71.9 Å². The van der Waals surface area contributed by atoms with E-state index in [-0.39, 0.29) is 13.2 Å². The van der Waals surface area contributed by atoms with Crippen LogP contribution in [-0.4, -0.2) is 17.6 Å². The fourth-order valence-corrected chi connectivity index (χ4v) is 2.17. The molecular formula is C19H16N2O2. The molecule has 3 rings (SSSR count). The molecule has 1 amide bonds. The number of aromatic nitrogens is 1. The smallest absolute Gasteiger partial charge is 0.408 e. The Balaban J connectivity index is 1.46. The lowest BCUT2D eigenvalue weighted by molar-refractivity contribution is 0.141. The molecule has 0 aliphatic heterocycles. The fraction of sp³-hybridized carbons (Fsp3) is 0.105. The number of aromatic amines is 1. The molecule has 4 heteroatoms. The van der Waals surface area contributed by atoms with Gasteiger partial charge in [0.25, 0.3) is 0 Å². The lowest BCUT2D eigenvalue weighted by Crippen LogP contribution is -2.24. The Morgan fingerprint density at radius 3 is 2.87 bits per heavy atom. The highest BCUT2D eigenvalue weighted by molar-refractivity contribution is 5.80. The van der Waals surface area contributed by atoms with Crippen molar-refractivity contribution in [2.45, 2.75) is 6.61 Å². The number of fused-ring (bicyclic) bond motifs is 1. The first-order valence-corrected chi connectivity index (χ1v) is 7.32. The number of hydrogen-bond donors (Lipinski definition) is 2. The van der Waals surface area contributed by atoms with Gasteiger partial charge in [-0.05, 0) is 29.8 Å². The molecule has 0 saturated heterocycles. The molecule has 0 fully saturated rings. The third-order valence-corrected chi connectivity index (χ3v) is 3.32. The maximum atomic E-state index is 11.6. The molecule has 23 heavy (non-hydrogen) atoms. The van der Waals surface area contributed by atoms with Crippen LogP contribution >= 0.6 is 0 Å². The van der Waals surface area contributed by atoms with Gasteiger partial charge in [-0.2, -0.15) is 0 Å². The average molecular weight is 304 g/mol. The molecule has 2 aromatic carbocycles. The molecule has 0 bridgehead atoms. The van der Waals surface area contributed by atoms with Gasteiger partial charge in [0.1, 0.15) is 6.61 Å². The molecule has 1 aromatic heterocycles. The van der Waals surface area contributed by atoms with Gasteiger partial charge in [-0.1, -0.05) is 42.2 Å². The molecule has 3 aromatic rings. The monoisotopic (exact) mass is 304 g/mol. The largest absolute Gasteiger partial charge is 0.445 e. The second-order valence-electron chi connectivity index (χ2n) is 5.00. The molecule has 114 valence electrons. The van der Waals surface area contributed by atoms with Gasteiger partial charge >= 0.3 is 6.09 Å². The van der Waals surface area contributed by atoms with Crippen LogP contribution in [0.3, 0.4) is 0 Å². The van der Waals surface area contributed by atoms with Crippen molar-refractivity contribution in [1.29, 1.82) is 0 Å². The maximum Gasteiger partial charge on any atom is 0.408 e. The first-order chi connectivity index (χ1) is 11.3. The highest BCUT2D eigenvalue weighted by Gasteiger charge is 2.00. The van der Waals surface area contributed by atoms with E-state index in [1.165, 1.54) is 0 Å². The molecular weight excluding hydrogens is 288 g/mol. The topological polar surface area (TPSA) is 54.1 Å². The number of alkyl carbamates (subject to hydrolysis) is 1. The molecule has 0 unspecified atom stereocenters. The van der Waals surface area contributed by atoms with Gasteiger partial charge in [-0.3, -0.25) is 0 Å². The molecule has 0 radical (unpaired) electrons. The lowest BCUT2D eigenvalue weighted by Gasteiger charge is -2.04. The van der Waals surface area contributed by atoms with Gasteiger partial charge in [0.15, 0.2) is 0 Å². The first-order valence-electron chi connectivity index (χ1n) is 7.32. The van der Waals surface area contributed by atoms with Crippen molar-refractivity contribution < 1.29 is 9.53 Å². The van der Waals surface area contributed by atoms with Crippen LogP contribution in [-0.2, 0) is 11.3 Å². The Morgan fingerprint density at radius 2 is 2.00 bits per heavy atom. The van der Waals surface area contributed by atoms with Crippen molar-refractivity contribution in [2.75, 3.05) is 6.54 Å². The number of amides is 1. The predicted octanol–water partition coefficient (Wildman–Crippen LogP) is 3.45. The summed E-state index contributed by atoms with van der Waals surface area (Å²) in [7, 11) is 0. The quantitative estimate of drug-likeness (QED) is 0.728. The highest BCUT2D eigenvalue weighted by Crippen LogP contribution is 2.13. The second-order valence-corrected chi connectivity index (χ2v) is 5.00. The second kappa shape index (κ2) is 7.19. The summed E-state index contributed by atoms with van der Waals surface area (Å²) >= 11 is 0. The summed E-state index contributed by atoms with van der Waals surface area (Å²) in [4.78, 5) is 14.7. The molecule has 0 atom stereocenters. The van der Waals surface area contributed by atoms with Crippen molar-refractivity contribution >= 4 is 17.0 Å². The van der Waals surface area contributed by atoms with E-state index in [1.54, 1.807) is 0 Å². The van der Waals surface area contributed by atoms with E-state index < -0.39 is 6.09 Å². The summed E-state index contributed by atoms with van der Waals surface area (Å²) < 4.78 is 5.11. The number of carbonyl (C=O) groups excluding carboxylic acids is 1. The zero-order valence-corrected chi connectivity index (χ0v) is 12.5. The van der Waals surface area contributed by atoms with Gasteiger partial charge in [-0.25, -0.2) is 4.79 Å². The van der Waals surface area contributed by atoms with Crippen LogP contribution in [0.25, 0.3) is 10.9 Å². The molecule has 0 saturated carbocycles. The van der Waals surface area contributed by atoms with Gasteiger partial charge in [0, 0.05) is 22.7 Å². The summed E-state index contributed by atoms with van der Waals surface area (Å²) in [6.45, 7) is 0.503. The Bertz CT molecular complexity index is 857. The van der Waals surface area contributed by atoms with Crippen molar-refractivity contribution in [1.82, 2.24) is 10.3 Å². The molecule has 4 nitrogen and oxygen atoms in total. The van der Waals surface area contributed by atoms with Crippen molar-refractivity contribution in [2.24, 2.45) is 0 Å². The minimum atomic E-state index is -0.468. The average Bonchev–Trinajstić information content (AvgIpc) is 3.05. The number of hydrogen-bond acceptors (Lipinski definition) is 2. The zero-order valence-electron chi connectivity index (χ0n) is 12.5. The van der Waals surface area contributed by atoms with Crippen molar-refractivity contribution in [3.8, 4) is 11.8 Å². The Hall–Kier alpha value is -3.19. The summed E-state index contributed by atoms with van der Waals surface area (Å²) in [6.07, 6.45) is 1.43. The van der Waals surface area contributed by atoms with E-state index in [1.807, 2.05) is 60.8 Å². The summed E-state index contributed by atoms with van der Waals surface area (Å²) in [5.74, 6) is 5.94. The fourth-order valence-electron chi connectivity index (χ4n) is 2.17. The van der Waals surface area contributed by atoms with Crippen LogP contribution in [0.4, 0.5) is 4.79 Å². The Morgan fingerprint density at radius 1 is 1.13 bits per heavy atom. The standard InChI is InChI=1S/C19H16N2O2/c22-19(23-14-16-5-2-1-3-6-16)21-11-4-7-15-8-9-18-17(13-15)10-12-20-18/h1-3,5-6,8-10,12-13,20H,11,14H2,(H,21,22). The zero-order chi connectivity index (χ0) is 15.9. The van der Waals surface area contributed by atoms with Gasteiger partial charge in [0.05, 0.1) is 6.54 Å². The van der Waals surface area contributed by atoms with E-state index >= 15 is 0 Å². The van der Waals surface area contributed by atoms with Gasteiger partial charge < -0.3 is 15.0 Å². The maximum absolute atomic E-state index is 11.6. The highest BCUT2D eigenvalue weighted by atomic mass is 16.5. The first kappa shape index (κ1) is 14.7. The predicted molar refractivity (Wildman–Crippen MR) is 89.8 cm³/mol. The van der Waals surface area contributed by atoms with Gasteiger partial charge in [0.2, 0.25) is 0 Å². The normalized spacial score (nSPS) is 9.91.